The Labute approximate surface area is 174 Å². The van der Waals surface area contributed by atoms with Crippen molar-refractivity contribution in [2.75, 3.05) is 5.32 Å². The molecule has 5 heteroatoms. The minimum atomic E-state index is -0.532. The van der Waals surface area contributed by atoms with E-state index in [0.717, 1.165) is 22.3 Å². The highest BCUT2D eigenvalue weighted by molar-refractivity contribution is 6.10. The monoisotopic (exact) mass is 395 g/mol. The predicted molar refractivity (Wildman–Crippen MR) is 120 cm³/mol. The van der Waals surface area contributed by atoms with Gasteiger partial charge in [0.25, 0.3) is 11.5 Å². The number of benzene rings is 3. The number of aromatic amines is 1. The number of nitrogens with one attached hydrogen (secondary N) is 2. The molecule has 4 aromatic rings. The quantitative estimate of drug-likeness (QED) is 0.512. The fourth-order valence-corrected chi connectivity index (χ4v) is 3.50. The molecule has 0 spiro atoms. The van der Waals surface area contributed by atoms with Crippen LogP contribution in [0.4, 0.5) is 5.69 Å². The number of carbonyl (C=O) groups excluding carboxylic acids is 1. The van der Waals surface area contributed by atoms with Crippen LogP contribution in [0.25, 0.3) is 22.4 Å². The van der Waals surface area contributed by atoms with Gasteiger partial charge in [-0.3, -0.25) is 9.59 Å². The Morgan fingerprint density at radius 1 is 0.867 bits per heavy atom. The zero-order chi connectivity index (χ0) is 21.1. The van der Waals surface area contributed by atoms with E-state index in [9.17, 15) is 9.59 Å². The van der Waals surface area contributed by atoms with E-state index in [1.54, 1.807) is 0 Å². The van der Waals surface area contributed by atoms with Gasteiger partial charge in [-0.25, -0.2) is 5.10 Å². The number of aromatic nitrogens is 2. The van der Waals surface area contributed by atoms with Gasteiger partial charge in [0.2, 0.25) is 0 Å². The summed E-state index contributed by atoms with van der Waals surface area (Å²) in [6.45, 7) is 3.92. The summed E-state index contributed by atoms with van der Waals surface area (Å²) in [5.41, 5.74) is 4.82. The van der Waals surface area contributed by atoms with E-state index < -0.39 is 11.5 Å². The summed E-state index contributed by atoms with van der Waals surface area (Å²) in [4.78, 5) is 26.1. The molecular weight excluding hydrogens is 374 g/mol. The van der Waals surface area contributed by atoms with E-state index in [2.05, 4.69) is 15.5 Å². The van der Waals surface area contributed by atoms with Crippen molar-refractivity contribution in [3.8, 4) is 22.4 Å². The molecule has 0 saturated carbocycles. The van der Waals surface area contributed by atoms with Crippen molar-refractivity contribution in [2.45, 2.75) is 13.8 Å². The Kier molecular flexibility index (Phi) is 5.26. The van der Waals surface area contributed by atoms with Crippen LogP contribution < -0.4 is 10.9 Å². The lowest BCUT2D eigenvalue weighted by molar-refractivity contribution is 0.102. The molecule has 0 aliphatic heterocycles. The molecule has 0 saturated heterocycles. The molecule has 1 aromatic heterocycles. The first-order valence-electron chi connectivity index (χ1n) is 9.66. The molecule has 148 valence electrons. The third-order valence-electron chi connectivity index (χ3n) is 4.95. The van der Waals surface area contributed by atoms with Crippen molar-refractivity contribution in [3.05, 3.63) is 106 Å². The van der Waals surface area contributed by atoms with Crippen LogP contribution in [0.5, 0.6) is 0 Å². The van der Waals surface area contributed by atoms with Crippen LogP contribution in [0.1, 0.15) is 21.5 Å². The minimum absolute atomic E-state index is 0.0371. The number of H-pyrrole nitrogens is 1. The van der Waals surface area contributed by atoms with Crippen LogP contribution in [0.3, 0.4) is 0 Å². The molecule has 0 radical (unpaired) electrons. The molecule has 5 nitrogen and oxygen atoms in total. The Bertz CT molecular complexity index is 1260. The third-order valence-corrected chi connectivity index (χ3v) is 4.95. The van der Waals surface area contributed by atoms with Crippen molar-refractivity contribution >= 4 is 11.6 Å². The first-order chi connectivity index (χ1) is 14.5. The van der Waals surface area contributed by atoms with Crippen molar-refractivity contribution in [2.24, 2.45) is 0 Å². The Morgan fingerprint density at radius 2 is 1.50 bits per heavy atom. The number of carbonyl (C=O) groups is 1. The fourth-order valence-electron chi connectivity index (χ4n) is 3.50. The van der Waals surface area contributed by atoms with Crippen LogP contribution in [0.15, 0.2) is 83.7 Å². The third kappa shape index (κ3) is 3.78. The first-order valence-corrected chi connectivity index (χ1v) is 9.66. The summed E-state index contributed by atoms with van der Waals surface area (Å²) in [7, 11) is 0. The van der Waals surface area contributed by atoms with Gasteiger partial charge in [-0.2, -0.15) is 5.10 Å². The highest BCUT2D eigenvalue weighted by Gasteiger charge is 2.23. The van der Waals surface area contributed by atoms with Gasteiger partial charge in [0.15, 0.2) is 0 Å². The average Bonchev–Trinajstić information content (AvgIpc) is 2.76. The summed E-state index contributed by atoms with van der Waals surface area (Å²) in [6, 6.07) is 24.6. The minimum Gasteiger partial charge on any atom is -0.322 e. The Hall–Kier alpha value is -3.99. The summed E-state index contributed by atoms with van der Waals surface area (Å²) in [5, 5.41) is 9.68. The van der Waals surface area contributed by atoms with E-state index in [1.165, 1.54) is 0 Å². The van der Waals surface area contributed by atoms with Gasteiger partial charge in [0.05, 0.1) is 5.69 Å². The average molecular weight is 395 g/mol. The second-order valence-corrected chi connectivity index (χ2v) is 7.16. The maximum absolute atomic E-state index is 13.3. The Balaban J connectivity index is 1.90. The molecule has 2 N–H and O–H groups in total. The SMILES string of the molecule is Cc1ccc(NC(=O)c2c(-c3ccccc3)c(-c3ccccc3)n[nH]c2=O)c(C)c1. The van der Waals surface area contributed by atoms with Crippen molar-refractivity contribution in [1.82, 2.24) is 10.2 Å². The zero-order valence-electron chi connectivity index (χ0n) is 16.8. The maximum atomic E-state index is 13.3. The molecular formula is C25H21N3O2. The van der Waals surface area contributed by atoms with Gasteiger partial charge in [0, 0.05) is 16.8 Å². The van der Waals surface area contributed by atoms with Crippen LogP contribution >= 0.6 is 0 Å². The second-order valence-electron chi connectivity index (χ2n) is 7.16. The molecule has 3 aromatic carbocycles. The fraction of sp³-hybridized carbons (Fsp3) is 0.0800. The van der Waals surface area contributed by atoms with Gasteiger partial charge in [-0.15, -0.1) is 0 Å². The molecule has 0 unspecified atom stereocenters. The molecule has 0 bridgehead atoms. The summed E-state index contributed by atoms with van der Waals surface area (Å²) in [6.07, 6.45) is 0. The number of rotatable bonds is 4. The van der Waals surface area contributed by atoms with Crippen LogP contribution in [-0.4, -0.2) is 16.1 Å². The Morgan fingerprint density at radius 3 is 2.13 bits per heavy atom. The van der Waals surface area contributed by atoms with E-state index in [4.69, 9.17) is 0 Å². The number of hydrogen-bond donors (Lipinski definition) is 2. The van der Waals surface area contributed by atoms with Crippen LogP contribution in [-0.2, 0) is 0 Å². The number of amides is 1. The molecule has 0 aliphatic carbocycles. The van der Waals surface area contributed by atoms with E-state index in [-0.39, 0.29) is 5.56 Å². The largest absolute Gasteiger partial charge is 0.322 e. The topological polar surface area (TPSA) is 74.8 Å². The van der Waals surface area contributed by atoms with E-state index in [1.807, 2.05) is 92.7 Å². The van der Waals surface area contributed by atoms with Crippen LogP contribution in [0.2, 0.25) is 0 Å². The number of hydrogen-bond acceptors (Lipinski definition) is 3. The predicted octanol–water partition coefficient (Wildman–Crippen LogP) is 4.97. The number of aryl methyl sites for hydroxylation is 2. The van der Waals surface area contributed by atoms with Gasteiger partial charge in [0.1, 0.15) is 5.56 Å². The molecule has 4 rings (SSSR count). The molecule has 0 atom stereocenters. The van der Waals surface area contributed by atoms with Gasteiger partial charge >= 0.3 is 0 Å². The van der Waals surface area contributed by atoms with E-state index >= 15 is 0 Å². The lowest BCUT2D eigenvalue weighted by Gasteiger charge is -2.15. The summed E-state index contributed by atoms with van der Waals surface area (Å²) >= 11 is 0. The van der Waals surface area contributed by atoms with Crippen molar-refractivity contribution < 1.29 is 4.79 Å². The zero-order valence-corrected chi connectivity index (χ0v) is 16.8. The molecule has 0 aliphatic rings. The van der Waals surface area contributed by atoms with Crippen molar-refractivity contribution in [3.63, 3.8) is 0 Å². The smallest absolute Gasteiger partial charge is 0.277 e. The molecule has 1 amide bonds. The second kappa shape index (κ2) is 8.17. The summed E-state index contributed by atoms with van der Waals surface area (Å²) < 4.78 is 0. The van der Waals surface area contributed by atoms with E-state index in [0.29, 0.717) is 16.9 Å². The van der Waals surface area contributed by atoms with Gasteiger partial charge in [-0.05, 0) is 31.0 Å². The maximum Gasteiger partial charge on any atom is 0.277 e. The summed E-state index contributed by atoms with van der Waals surface area (Å²) in [5.74, 6) is -0.471. The lowest BCUT2D eigenvalue weighted by atomic mass is 9.95. The van der Waals surface area contributed by atoms with Gasteiger partial charge < -0.3 is 5.32 Å². The first kappa shape index (κ1) is 19.3. The highest BCUT2D eigenvalue weighted by atomic mass is 16.2. The normalized spacial score (nSPS) is 10.6. The number of nitrogens with zero attached hydrogens (tertiary/aromatic N) is 1. The highest BCUT2D eigenvalue weighted by Crippen LogP contribution is 2.32. The van der Waals surface area contributed by atoms with Crippen molar-refractivity contribution in [1.29, 1.82) is 0 Å². The molecule has 30 heavy (non-hydrogen) atoms. The van der Waals surface area contributed by atoms with Crippen LogP contribution in [0, 0.1) is 13.8 Å². The number of anilines is 1. The standard InChI is InChI=1S/C25H21N3O2/c1-16-13-14-20(17(2)15-16)26-24(29)22-21(18-9-5-3-6-10-18)23(27-28-25(22)30)19-11-7-4-8-12-19/h3-15H,1-2H3,(H,26,29)(H,28,30). The lowest BCUT2D eigenvalue weighted by Crippen LogP contribution is -2.26. The molecule has 1 heterocycles. The molecule has 0 fully saturated rings. The van der Waals surface area contributed by atoms with Gasteiger partial charge in [-0.1, -0.05) is 78.4 Å².